The summed E-state index contributed by atoms with van der Waals surface area (Å²) >= 11 is 0. The lowest BCUT2D eigenvalue weighted by atomic mass is 9.97. The van der Waals surface area contributed by atoms with Crippen LogP contribution < -0.4 is 10.2 Å². The maximum absolute atomic E-state index is 12.3. The highest BCUT2D eigenvalue weighted by Crippen LogP contribution is 2.10. The molecule has 136 valence electrons. The zero-order chi connectivity index (χ0) is 18.2. The monoisotopic (exact) mass is 347 g/mol. The van der Waals surface area contributed by atoms with Gasteiger partial charge in [-0.1, -0.05) is 30.3 Å². The quantitative estimate of drug-likeness (QED) is 0.668. The standard InChI is InChI=1S/C19H26N2O4/c1-14(22)17(12-15-6-4-3-5-7-15)20-18(23)13-21-10-8-16(9-11-21)19(24)25-2/h3-7,16-17H,8-13H2,1-2H3,(H,20,23)/p+1/t17-/m0/s1. The minimum atomic E-state index is -0.498. The molecule has 1 saturated heterocycles. The molecule has 1 fully saturated rings. The zero-order valence-corrected chi connectivity index (χ0v) is 14.9. The molecule has 1 aliphatic heterocycles. The highest BCUT2D eigenvalue weighted by Gasteiger charge is 2.29. The van der Waals surface area contributed by atoms with Crippen molar-refractivity contribution in [3.8, 4) is 0 Å². The molecule has 2 N–H and O–H groups in total. The van der Waals surface area contributed by atoms with Gasteiger partial charge in [0.2, 0.25) is 0 Å². The van der Waals surface area contributed by atoms with Gasteiger partial charge >= 0.3 is 5.97 Å². The summed E-state index contributed by atoms with van der Waals surface area (Å²) in [6.07, 6.45) is 1.96. The summed E-state index contributed by atoms with van der Waals surface area (Å²) < 4.78 is 4.78. The van der Waals surface area contributed by atoms with Gasteiger partial charge in [-0.05, 0) is 18.9 Å². The Morgan fingerprint density at radius 2 is 1.84 bits per heavy atom. The Hall–Kier alpha value is -2.21. The van der Waals surface area contributed by atoms with E-state index in [1.807, 2.05) is 30.3 Å². The van der Waals surface area contributed by atoms with Crippen LogP contribution in [-0.2, 0) is 25.5 Å². The van der Waals surface area contributed by atoms with Crippen LogP contribution in [0.5, 0.6) is 0 Å². The van der Waals surface area contributed by atoms with Crippen molar-refractivity contribution in [1.29, 1.82) is 0 Å². The summed E-state index contributed by atoms with van der Waals surface area (Å²) in [5.41, 5.74) is 1.02. The normalized spacial score (nSPS) is 21.2. The second-order valence-corrected chi connectivity index (χ2v) is 6.64. The van der Waals surface area contributed by atoms with Crippen molar-refractivity contribution >= 4 is 17.7 Å². The average Bonchev–Trinajstić information content (AvgIpc) is 2.62. The van der Waals surface area contributed by atoms with Crippen molar-refractivity contribution in [2.45, 2.75) is 32.2 Å². The number of benzene rings is 1. The highest BCUT2D eigenvalue weighted by molar-refractivity contribution is 5.88. The van der Waals surface area contributed by atoms with Crippen LogP contribution in [0.15, 0.2) is 30.3 Å². The van der Waals surface area contributed by atoms with Gasteiger partial charge in [-0.2, -0.15) is 0 Å². The Balaban J connectivity index is 1.82. The summed E-state index contributed by atoms with van der Waals surface area (Å²) in [7, 11) is 1.41. The van der Waals surface area contributed by atoms with E-state index in [-0.39, 0.29) is 23.6 Å². The zero-order valence-electron chi connectivity index (χ0n) is 14.9. The number of esters is 1. The fraction of sp³-hybridized carbons (Fsp3) is 0.526. The maximum Gasteiger partial charge on any atom is 0.309 e. The number of ether oxygens (including phenoxy) is 1. The van der Waals surface area contributed by atoms with Gasteiger partial charge in [-0.15, -0.1) is 0 Å². The van der Waals surface area contributed by atoms with Gasteiger partial charge in [0.1, 0.15) is 0 Å². The molecule has 1 heterocycles. The lowest BCUT2D eigenvalue weighted by Gasteiger charge is -2.28. The Kier molecular flexibility index (Phi) is 7.13. The van der Waals surface area contributed by atoms with E-state index in [1.165, 1.54) is 14.0 Å². The summed E-state index contributed by atoms with van der Waals surface area (Å²) in [5.74, 6) is -0.387. The first kappa shape index (κ1) is 19.1. The molecule has 1 atom stereocenters. The SMILES string of the molecule is COC(=O)C1CC[NH+](CC(=O)N[C@@H](Cc2ccccc2)C(C)=O)CC1. The van der Waals surface area contributed by atoms with Gasteiger partial charge in [0.25, 0.3) is 5.91 Å². The summed E-state index contributed by atoms with van der Waals surface area (Å²) in [6.45, 7) is 3.35. The number of hydrogen-bond donors (Lipinski definition) is 2. The van der Waals surface area contributed by atoms with Crippen LogP contribution >= 0.6 is 0 Å². The van der Waals surface area contributed by atoms with Crippen molar-refractivity contribution in [3.05, 3.63) is 35.9 Å². The number of amides is 1. The minimum Gasteiger partial charge on any atom is -0.469 e. The number of methoxy groups -OCH3 is 1. The van der Waals surface area contributed by atoms with E-state index in [4.69, 9.17) is 4.74 Å². The van der Waals surface area contributed by atoms with Crippen LogP contribution in [0.2, 0.25) is 0 Å². The summed E-state index contributed by atoms with van der Waals surface area (Å²) in [5, 5.41) is 2.86. The van der Waals surface area contributed by atoms with Gasteiger partial charge in [0.15, 0.2) is 12.3 Å². The van der Waals surface area contributed by atoms with Crippen LogP contribution in [0.1, 0.15) is 25.3 Å². The van der Waals surface area contributed by atoms with Crippen LogP contribution in [0.25, 0.3) is 0 Å². The van der Waals surface area contributed by atoms with E-state index in [0.717, 1.165) is 36.4 Å². The third kappa shape index (κ3) is 5.98. The van der Waals surface area contributed by atoms with E-state index >= 15 is 0 Å². The van der Waals surface area contributed by atoms with Crippen LogP contribution in [-0.4, -0.2) is 50.4 Å². The topological polar surface area (TPSA) is 76.9 Å². The predicted molar refractivity (Wildman–Crippen MR) is 93.1 cm³/mol. The van der Waals surface area contributed by atoms with E-state index < -0.39 is 6.04 Å². The number of carbonyl (C=O) groups is 3. The Morgan fingerprint density at radius 3 is 2.40 bits per heavy atom. The fourth-order valence-corrected chi connectivity index (χ4v) is 3.22. The first-order chi connectivity index (χ1) is 12.0. The Bertz CT molecular complexity index is 595. The lowest BCUT2D eigenvalue weighted by molar-refractivity contribution is -0.897. The molecule has 1 aliphatic rings. The Labute approximate surface area is 148 Å². The number of hydrogen-bond acceptors (Lipinski definition) is 4. The number of quaternary nitrogens is 1. The number of rotatable bonds is 7. The van der Waals surface area contributed by atoms with Gasteiger partial charge < -0.3 is 15.0 Å². The number of Topliss-reactive ketones (excluding diaryl/α,β-unsaturated/α-hetero) is 1. The van der Waals surface area contributed by atoms with Crippen molar-refractivity contribution < 1.29 is 24.0 Å². The fourth-order valence-electron chi connectivity index (χ4n) is 3.22. The van der Waals surface area contributed by atoms with E-state index in [1.54, 1.807) is 0 Å². The molecule has 1 aromatic carbocycles. The molecule has 25 heavy (non-hydrogen) atoms. The highest BCUT2D eigenvalue weighted by atomic mass is 16.5. The molecule has 1 aromatic rings. The van der Waals surface area contributed by atoms with Gasteiger partial charge in [0, 0.05) is 12.8 Å². The van der Waals surface area contributed by atoms with Gasteiger partial charge in [-0.3, -0.25) is 14.4 Å². The van der Waals surface area contributed by atoms with E-state index in [0.29, 0.717) is 13.0 Å². The van der Waals surface area contributed by atoms with Crippen LogP contribution in [0, 0.1) is 5.92 Å². The van der Waals surface area contributed by atoms with Gasteiger partial charge in [0.05, 0.1) is 32.2 Å². The van der Waals surface area contributed by atoms with Gasteiger partial charge in [-0.25, -0.2) is 0 Å². The second-order valence-electron chi connectivity index (χ2n) is 6.64. The maximum atomic E-state index is 12.3. The molecule has 0 saturated carbocycles. The Morgan fingerprint density at radius 1 is 1.20 bits per heavy atom. The molecule has 0 aliphatic carbocycles. The minimum absolute atomic E-state index is 0.0448. The largest absolute Gasteiger partial charge is 0.469 e. The van der Waals surface area contributed by atoms with Crippen molar-refractivity contribution in [2.75, 3.05) is 26.7 Å². The molecule has 0 radical (unpaired) electrons. The number of ketones is 1. The van der Waals surface area contributed by atoms with Crippen molar-refractivity contribution in [3.63, 3.8) is 0 Å². The smallest absolute Gasteiger partial charge is 0.309 e. The third-order valence-electron chi connectivity index (χ3n) is 4.75. The molecule has 6 heteroatoms. The number of piperidine rings is 1. The van der Waals surface area contributed by atoms with Crippen molar-refractivity contribution in [2.24, 2.45) is 5.92 Å². The molecule has 2 rings (SSSR count). The van der Waals surface area contributed by atoms with Crippen LogP contribution in [0.3, 0.4) is 0 Å². The van der Waals surface area contributed by atoms with Crippen LogP contribution in [0.4, 0.5) is 0 Å². The van der Waals surface area contributed by atoms with E-state index in [9.17, 15) is 14.4 Å². The molecular weight excluding hydrogens is 320 g/mol. The first-order valence-corrected chi connectivity index (χ1v) is 8.74. The molecule has 1 amide bonds. The predicted octanol–water partition coefficient (Wildman–Crippen LogP) is -0.229. The third-order valence-corrected chi connectivity index (χ3v) is 4.75. The number of nitrogens with one attached hydrogen (secondary N) is 2. The first-order valence-electron chi connectivity index (χ1n) is 8.74. The average molecular weight is 347 g/mol. The molecule has 0 bridgehead atoms. The molecule has 6 nitrogen and oxygen atoms in total. The molecule has 0 spiro atoms. The molecular formula is C19H27N2O4+. The second kappa shape index (κ2) is 9.32. The van der Waals surface area contributed by atoms with Crippen molar-refractivity contribution in [1.82, 2.24) is 5.32 Å². The summed E-state index contributed by atoms with van der Waals surface area (Å²) in [6, 6.07) is 9.16. The number of likely N-dealkylation sites (tertiary alicyclic amines) is 1. The molecule has 0 aromatic heterocycles. The summed E-state index contributed by atoms with van der Waals surface area (Å²) in [4.78, 5) is 36.8. The lowest BCUT2D eigenvalue weighted by Crippen LogP contribution is -3.14. The molecule has 0 unspecified atom stereocenters. The van der Waals surface area contributed by atoms with E-state index in [2.05, 4.69) is 5.32 Å². The number of carbonyl (C=O) groups excluding carboxylic acids is 3.